The molecule has 0 saturated carbocycles. The van der Waals surface area contributed by atoms with Crippen LogP contribution in [0.3, 0.4) is 0 Å². The summed E-state index contributed by atoms with van der Waals surface area (Å²) in [7, 11) is 0. The lowest BCUT2D eigenvalue weighted by molar-refractivity contribution is 0.102. The van der Waals surface area contributed by atoms with Gasteiger partial charge in [0.15, 0.2) is 16.8 Å². The molecule has 0 aliphatic carbocycles. The van der Waals surface area contributed by atoms with Crippen LogP contribution in [-0.4, -0.2) is 49.3 Å². The van der Waals surface area contributed by atoms with Gasteiger partial charge in [0, 0.05) is 28.4 Å². The summed E-state index contributed by atoms with van der Waals surface area (Å²) in [5.74, 6) is 1.34. The summed E-state index contributed by atoms with van der Waals surface area (Å²) in [6.07, 6.45) is 6.55. The van der Waals surface area contributed by atoms with Gasteiger partial charge in [-0.2, -0.15) is 0 Å². The number of aromatic amines is 1. The number of carbonyl (C=O) groups excluding carboxylic acids is 1. The maximum absolute atomic E-state index is 13.2. The van der Waals surface area contributed by atoms with Gasteiger partial charge in [-0.1, -0.05) is 61.5 Å². The van der Waals surface area contributed by atoms with Crippen LogP contribution in [0.4, 0.5) is 0 Å². The van der Waals surface area contributed by atoms with E-state index in [0.29, 0.717) is 5.75 Å². The summed E-state index contributed by atoms with van der Waals surface area (Å²) >= 11 is 1.46. The summed E-state index contributed by atoms with van der Waals surface area (Å²) in [6.45, 7) is 5.11. The fourth-order valence-corrected chi connectivity index (χ4v) is 5.45. The van der Waals surface area contributed by atoms with Crippen LogP contribution in [0.5, 0.6) is 0 Å². The zero-order valence-corrected chi connectivity index (χ0v) is 19.8. The number of H-pyrrole nitrogens is 1. The van der Waals surface area contributed by atoms with Crippen molar-refractivity contribution in [2.45, 2.75) is 44.3 Å². The lowest BCUT2D eigenvalue weighted by Crippen LogP contribution is -2.30. The smallest absolute Gasteiger partial charge is 0.196 e. The van der Waals surface area contributed by atoms with E-state index in [-0.39, 0.29) is 5.78 Å². The van der Waals surface area contributed by atoms with Gasteiger partial charge in [-0.3, -0.25) is 14.3 Å². The SMILES string of the molecule is CCc1cccc2c(C(=O)CSc3nnc(CN4CCCCC4)n3-c3ccccc3)c[nH]c12. The highest BCUT2D eigenvalue weighted by atomic mass is 32.2. The number of thioether (sulfide) groups is 1. The third-order valence-electron chi connectivity index (χ3n) is 6.34. The number of para-hydroxylation sites is 2. The van der Waals surface area contributed by atoms with Crippen LogP contribution >= 0.6 is 11.8 Å². The molecule has 0 spiro atoms. The fourth-order valence-electron chi connectivity index (χ4n) is 4.60. The second-order valence-electron chi connectivity index (χ2n) is 8.51. The van der Waals surface area contributed by atoms with Gasteiger partial charge in [0.1, 0.15) is 0 Å². The maximum atomic E-state index is 13.2. The number of aromatic nitrogens is 4. The average Bonchev–Trinajstić information content (AvgIpc) is 3.48. The van der Waals surface area contributed by atoms with Crippen LogP contribution in [0, 0.1) is 0 Å². The number of Topliss-reactive ketones (excluding diaryl/α,β-unsaturated/α-hetero) is 1. The number of nitrogens with one attached hydrogen (secondary N) is 1. The largest absolute Gasteiger partial charge is 0.360 e. The highest BCUT2D eigenvalue weighted by Crippen LogP contribution is 2.27. The van der Waals surface area contributed by atoms with Crippen molar-refractivity contribution in [1.29, 1.82) is 0 Å². The van der Waals surface area contributed by atoms with Gasteiger partial charge in [0.25, 0.3) is 0 Å². The van der Waals surface area contributed by atoms with E-state index >= 15 is 0 Å². The molecular weight excluding hydrogens is 430 g/mol. The highest BCUT2D eigenvalue weighted by molar-refractivity contribution is 7.99. The second-order valence-corrected chi connectivity index (χ2v) is 9.46. The maximum Gasteiger partial charge on any atom is 0.196 e. The Morgan fingerprint density at radius 1 is 1.03 bits per heavy atom. The second kappa shape index (κ2) is 9.93. The van der Waals surface area contributed by atoms with Crippen LogP contribution in [0.2, 0.25) is 0 Å². The molecule has 1 fully saturated rings. The van der Waals surface area contributed by atoms with E-state index in [9.17, 15) is 4.79 Å². The first-order chi connectivity index (χ1) is 16.2. The number of carbonyl (C=O) groups is 1. The molecule has 6 nitrogen and oxygen atoms in total. The first-order valence-electron chi connectivity index (χ1n) is 11.7. The Bertz CT molecular complexity index is 1240. The molecule has 1 N–H and O–H groups in total. The number of piperidine rings is 1. The van der Waals surface area contributed by atoms with E-state index in [1.807, 2.05) is 36.5 Å². The molecule has 1 saturated heterocycles. The monoisotopic (exact) mass is 459 g/mol. The van der Waals surface area contributed by atoms with Crippen molar-refractivity contribution in [3.05, 3.63) is 71.7 Å². The number of nitrogens with zero attached hydrogens (tertiary/aromatic N) is 4. The summed E-state index contributed by atoms with van der Waals surface area (Å²) in [6, 6.07) is 16.4. The van der Waals surface area contributed by atoms with Crippen molar-refractivity contribution in [1.82, 2.24) is 24.6 Å². The molecule has 170 valence electrons. The Kier molecular flexibility index (Phi) is 6.60. The molecule has 2 aromatic heterocycles. The minimum atomic E-state index is 0.0969. The minimum Gasteiger partial charge on any atom is -0.360 e. The lowest BCUT2D eigenvalue weighted by atomic mass is 10.1. The number of likely N-dealkylation sites (tertiary alicyclic amines) is 1. The third-order valence-corrected chi connectivity index (χ3v) is 7.27. The predicted molar refractivity (Wildman–Crippen MR) is 133 cm³/mol. The van der Waals surface area contributed by atoms with Gasteiger partial charge in [-0.25, -0.2) is 0 Å². The number of fused-ring (bicyclic) bond motifs is 1. The third kappa shape index (κ3) is 4.61. The summed E-state index contributed by atoms with van der Waals surface area (Å²) in [5.41, 5.74) is 4.06. The number of hydrogen-bond donors (Lipinski definition) is 1. The summed E-state index contributed by atoms with van der Waals surface area (Å²) < 4.78 is 2.11. The number of aryl methyl sites for hydroxylation is 1. The summed E-state index contributed by atoms with van der Waals surface area (Å²) in [4.78, 5) is 18.9. The lowest BCUT2D eigenvalue weighted by Gasteiger charge is -2.26. The average molecular weight is 460 g/mol. The molecule has 3 heterocycles. The normalized spacial score (nSPS) is 14.7. The van der Waals surface area contributed by atoms with Crippen molar-refractivity contribution in [3.63, 3.8) is 0 Å². The van der Waals surface area contributed by atoms with Crippen molar-refractivity contribution in [2.75, 3.05) is 18.8 Å². The van der Waals surface area contributed by atoms with Gasteiger partial charge in [0.2, 0.25) is 0 Å². The topological polar surface area (TPSA) is 66.8 Å². The van der Waals surface area contributed by atoms with Crippen LogP contribution in [0.15, 0.2) is 59.9 Å². The predicted octanol–water partition coefficient (Wildman–Crippen LogP) is 5.27. The number of ketones is 1. The number of hydrogen-bond acceptors (Lipinski definition) is 5. The van der Waals surface area contributed by atoms with Gasteiger partial charge in [-0.05, 0) is 50.0 Å². The molecule has 0 amide bonds. The number of benzene rings is 2. The van der Waals surface area contributed by atoms with Gasteiger partial charge < -0.3 is 4.98 Å². The van der Waals surface area contributed by atoms with E-state index in [0.717, 1.165) is 59.2 Å². The number of rotatable bonds is 8. The Labute approximate surface area is 198 Å². The molecule has 0 atom stereocenters. The highest BCUT2D eigenvalue weighted by Gasteiger charge is 2.20. The van der Waals surface area contributed by atoms with E-state index in [1.54, 1.807) is 0 Å². The molecular formula is C26H29N5OS. The first-order valence-corrected chi connectivity index (χ1v) is 12.7. The molecule has 7 heteroatoms. The summed E-state index contributed by atoms with van der Waals surface area (Å²) in [5, 5.41) is 10.8. The molecule has 4 aromatic rings. The van der Waals surface area contributed by atoms with Gasteiger partial charge in [-0.15, -0.1) is 10.2 Å². The van der Waals surface area contributed by atoms with Crippen LogP contribution in [-0.2, 0) is 13.0 Å². The molecule has 33 heavy (non-hydrogen) atoms. The Hall–Kier alpha value is -2.90. The van der Waals surface area contributed by atoms with Gasteiger partial charge >= 0.3 is 0 Å². The first kappa shape index (κ1) is 21.9. The molecule has 1 aliphatic heterocycles. The van der Waals surface area contributed by atoms with E-state index in [4.69, 9.17) is 0 Å². The Morgan fingerprint density at radius 2 is 1.85 bits per heavy atom. The van der Waals surface area contributed by atoms with Gasteiger partial charge in [0.05, 0.1) is 12.3 Å². The molecule has 0 radical (unpaired) electrons. The molecule has 0 bridgehead atoms. The molecule has 0 unspecified atom stereocenters. The van der Waals surface area contributed by atoms with E-state index in [2.05, 4.69) is 49.8 Å². The molecule has 1 aliphatic rings. The Morgan fingerprint density at radius 3 is 2.64 bits per heavy atom. The molecule has 2 aromatic carbocycles. The van der Waals surface area contributed by atoms with Crippen molar-refractivity contribution in [2.24, 2.45) is 0 Å². The Balaban J connectivity index is 1.39. The molecule has 5 rings (SSSR count). The van der Waals surface area contributed by atoms with Crippen molar-refractivity contribution >= 4 is 28.4 Å². The van der Waals surface area contributed by atoms with Crippen molar-refractivity contribution in [3.8, 4) is 5.69 Å². The fraction of sp³-hybridized carbons (Fsp3) is 0.346. The van der Waals surface area contributed by atoms with E-state index in [1.165, 1.54) is 36.6 Å². The van der Waals surface area contributed by atoms with Crippen molar-refractivity contribution < 1.29 is 4.79 Å². The standard InChI is InChI=1S/C26H29N5OS/c1-2-19-10-9-13-21-22(16-27-25(19)21)23(32)18-33-26-29-28-24(17-30-14-7-4-8-15-30)31(26)20-11-5-3-6-12-20/h3,5-6,9-13,16,27H,2,4,7-8,14-15,17-18H2,1H3. The van der Waals surface area contributed by atoms with Crippen LogP contribution in [0.25, 0.3) is 16.6 Å². The zero-order valence-electron chi connectivity index (χ0n) is 19.0. The zero-order chi connectivity index (χ0) is 22.6. The minimum absolute atomic E-state index is 0.0969. The quantitative estimate of drug-likeness (QED) is 0.287. The van der Waals surface area contributed by atoms with Crippen LogP contribution in [0.1, 0.15) is 47.9 Å². The van der Waals surface area contributed by atoms with E-state index < -0.39 is 0 Å². The van der Waals surface area contributed by atoms with Crippen LogP contribution < -0.4 is 0 Å².